The Bertz CT molecular complexity index is 1150. The van der Waals surface area contributed by atoms with Crippen LogP contribution in [0.4, 0.5) is 33.6 Å². The van der Waals surface area contributed by atoms with E-state index in [1.807, 2.05) is 4.90 Å². The summed E-state index contributed by atoms with van der Waals surface area (Å²) >= 11 is 0. The van der Waals surface area contributed by atoms with Crippen molar-refractivity contribution in [3.8, 4) is 0 Å². The molecular weight excluding hydrogens is 455 g/mol. The minimum Gasteiger partial charge on any atom is -0.363 e. The molecule has 4 rings (SSSR count). The molecule has 1 fully saturated rings. The topological polar surface area (TPSA) is 57.2 Å². The third-order valence-corrected chi connectivity index (χ3v) is 5.89. The largest absolute Gasteiger partial charge is 0.363 e. The summed E-state index contributed by atoms with van der Waals surface area (Å²) in [6.07, 6.45) is -3.67. The summed E-state index contributed by atoms with van der Waals surface area (Å²) in [6, 6.07) is 5.08. The fourth-order valence-electron chi connectivity index (χ4n) is 4.13. The molecule has 0 bridgehead atoms. The number of nitrogens with one attached hydrogen (secondary N) is 1. The van der Waals surface area contributed by atoms with Crippen LogP contribution in [0.15, 0.2) is 30.5 Å². The normalized spacial score (nSPS) is 16.0. The highest BCUT2D eigenvalue weighted by Gasteiger charge is 2.23. The number of halogens is 5. The third kappa shape index (κ3) is 5.19. The van der Waals surface area contributed by atoms with Crippen molar-refractivity contribution in [3.05, 3.63) is 53.2 Å². The maximum absolute atomic E-state index is 14.7. The summed E-state index contributed by atoms with van der Waals surface area (Å²) in [5.41, 5.74) is 0.0306. The average molecular weight is 480 g/mol. The fourth-order valence-corrected chi connectivity index (χ4v) is 4.13. The second-order valence-corrected chi connectivity index (χ2v) is 8.27. The first-order valence-electron chi connectivity index (χ1n) is 11.0. The number of fused-ring (bicyclic) bond motifs is 1. The summed E-state index contributed by atoms with van der Waals surface area (Å²) in [5, 5.41) is 3.78. The fraction of sp³-hybridized carbons (Fsp3) is 0.435. The summed E-state index contributed by atoms with van der Waals surface area (Å²) in [6.45, 7) is 5.21. The first-order valence-corrected chi connectivity index (χ1v) is 11.0. The number of pyridine rings is 1. The molecule has 3 heterocycles. The van der Waals surface area contributed by atoms with Gasteiger partial charge in [-0.3, -0.25) is 4.90 Å². The average Bonchev–Trinajstić information content (AvgIpc) is 2.79. The van der Waals surface area contributed by atoms with Crippen molar-refractivity contribution in [2.45, 2.75) is 32.7 Å². The Kier molecular flexibility index (Phi) is 7.11. The summed E-state index contributed by atoms with van der Waals surface area (Å²) in [7, 11) is 0. The summed E-state index contributed by atoms with van der Waals surface area (Å²) in [5.74, 6) is 0.603. The molecule has 1 aliphatic heterocycles. The van der Waals surface area contributed by atoms with Gasteiger partial charge in [-0.15, -0.1) is 0 Å². The van der Waals surface area contributed by atoms with E-state index in [1.54, 1.807) is 31.0 Å². The van der Waals surface area contributed by atoms with Crippen LogP contribution < -0.4 is 10.2 Å². The predicted molar refractivity (Wildman–Crippen MR) is 120 cm³/mol. The Morgan fingerprint density at radius 2 is 1.74 bits per heavy atom. The molecule has 1 unspecified atom stereocenters. The van der Waals surface area contributed by atoms with Crippen molar-refractivity contribution in [1.29, 1.82) is 0 Å². The summed E-state index contributed by atoms with van der Waals surface area (Å²) in [4.78, 5) is 17.1. The molecule has 0 amide bonds. The van der Waals surface area contributed by atoms with E-state index in [4.69, 9.17) is 0 Å². The Labute approximate surface area is 193 Å². The Morgan fingerprint density at radius 1 is 1.03 bits per heavy atom. The van der Waals surface area contributed by atoms with Crippen molar-refractivity contribution >= 4 is 22.5 Å². The molecule has 1 N–H and O–H groups in total. The molecule has 3 aromatic rings. The van der Waals surface area contributed by atoms with Crippen LogP contribution in [0.3, 0.4) is 0 Å². The van der Waals surface area contributed by atoms with Crippen LogP contribution in [0, 0.1) is 12.7 Å². The number of rotatable bonds is 7. The van der Waals surface area contributed by atoms with Gasteiger partial charge in [0.15, 0.2) is 0 Å². The van der Waals surface area contributed by atoms with Gasteiger partial charge in [-0.1, -0.05) is 18.2 Å². The Hall–Kier alpha value is -3.08. The van der Waals surface area contributed by atoms with E-state index in [0.717, 1.165) is 6.07 Å². The van der Waals surface area contributed by atoms with Gasteiger partial charge in [0.1, 0.15) is 23.3 Å². The number of aryl methyl sites for hydroxylation is 1. The minimum atomic E-state index is -2.91. The Morgan fingerprint density at radius 3 is 2.41 bits per heavy atom. The molecule has 182 valence electrons. The highest BCUT2D eigenvalue weighted by molar-refractivity contribution is 5.90. The standard InChI is InChI=1S/C23H25F5N6/c1-13(15-4-3-5-16(21(15)26)22(27)28)30-23-17-10-20(29-11-18(17)31-14(2)32-23)34-8-6-33(7-9-34)12-19(24)25/h3-5,10-11,13,19,22H,6-9,12H2,1-2H3,(H,30,31,32). The third-order valence-electron chi connectivity index (χ3n) is 5.89. The van der Waals surface area contributed by atoms with Gasteiger partial charge in [0, 0.05) is 37.1 Å². The van der Waals surface area contributed by atoms with Crippen molar-refractivity contribution in [1.82, 2.24) is 19.9 Å². The van der Waals surface area contributed by atoms with E-state index in [-0.39, 0.29) is 12.1 Å². The number of alkyl halides is 4. The molecule has 34 heavy (non-hydrogen) atoms. The zero-order valence-electron chi connectivity index (χ0n) is 18.8. The molecule has 0 radical (unpaired) electrons. The number of anilines is 2. The van der Waals surface area contributed by atoms with Crippen LogP contribution in [0.1, 0.15) is 36.3 Å². The maximum atomic E-state index is 14.7. The van der Waals surface area contributed by atoms with Crippen LogP contribution in [-0.2, 0) is 0 Å². The van der Waals surface area contributed by atoms with E-state index in [9.17, 15) is 22.0 Å². The van der Waals surface area contributed by atoms with Crippen molar-refractivity contribution < 1.29 is 22.0 Å². The Balaban J connectivity index is 1.60. The predicted octanol–water partition coefficient (Wildman–Crippen LogP) is 4.97. The molecule has 2 aromatic heterocycles. The molecular formula is C23H25F5N6. The molecule has 0 spiro atoms. The molecule has 1 saturated heterocycles. The number of benzene rings is 1. The monoisotopic (exact) mass is 480 g/mol. The van der Waals surface area contributed by atoms with E-state index in [1.165, 1.54) is 12.1 Å². The maximum Gasteiger partial charge on any atom is 0.266 e. The summed E-state index contributed by atoms with van der Waals surface area (Å²) < 4.78 is 66.2. The lowest BCUT2D eigenvalue weighted by atomic mass is 10.0. The molecule has 0 aliphatic carbocycles. The molecule has 6 nitrogen and oxygen atoms in total. The van der Waals surface area contributed by atoms with E-state index in [2.05, 4.69) is 20.3 Å². The number of hydrogen-bond acceptors (Lipinski definition) is 6. The smallest absolute Gasteiger partial charge is 0.266 e. The van der Waals surface area contributed by atoms with Crippen molar-refractivity contribution in [2.24, 2.45) is 0 Å². The lowest BCUT2D eigenvalue weighted by molar-refractivity contribution is 0.0853. The highest BCUT2D eigenvalue weighted by atomic mass is 19.3. The van der Waals surface area contributed by atoms with Crippen LogP contribution in [0.5, 0.6) is 0 Å². The van der Waals surface area contributed by atoms with Gasteiger partial charge in [-0.05, 0) is 19.9 Å². The lowest BCUT2D eigenvalue weighted by Crippen LogP contribution is -2.48. The zero-order chi connectivity index (χ0) is 24.4. The van der Waals surface area contributed by atoms with Gasteiger partial charge >= 0.3 is 0 Å². The van der Waals surface area contributed by atoms with Crippen LogP contribution in [-0.4, -0.2) is 59.0 Å². The van der Waals surface area contributed by atoms with Crippen molar-refractivity contribution in [3.63, 3.8) is 0 Å². The number of hydrogen-bond donors (Lipinski definition) is 1. The van der Waals surface area contributed by atoms with Crippen molar-refractivity contribution in [2.75, 3.05) is 42.9 Å². The highest BCUT2D eigenvalue weighted by Crippen LogP contribution is 2.31. The first-order chi connectivity index (χ1) is 16.2. The van der Waals surface area contributed by atoms with Crippen LogP contribution in [0.25, 0.3) is 10.9 Å². The second kappa shape index (κ2) is 10.0. The van der Waals surface area contributed by atoms with Gasteiger partial charge in [-0.2, -0.15) is 0 Å². The SMILES string of the molecule is Cc1nc(NC(C)c2cccc(C(F)F)c2F)c2cc(N3CCN(CC(F)F)CC3)ncc2n1. The number of piperazine rings is 1. The zero-order valence-corrected chi connectivity index (χ0v) is 18.8. The van der Waals surface area contributed by atoms with Gasteiger partial charge in [0.25, 0.3) is 12.9 Å². The second-order valence-electron chi connectivity index (χ2n) is 8.27. The molecule has 11 heteroatoms. The van der Waals surface area contributed by atoms with E-state index in [0.29, 0.717) is 54.5 Å². The minimum absolute atomic E-state index is 0.103. The van der Waals surface area contributed by atoms with E-state index < -0.39 is 30.3 Å². The van der Waals surface area contributed by atoms with Crippen LogP contribution >= 0.6 is 0 Å². The van der Waals surface area contributed by atoms with Gasteiger partial charge in [-0.25, -0.2) is 36.9 Å². The van der Waals surface area contributed by atoms with E-state index >= 15 is 0 Å². The van der Waals surface area contributed by atoms with Gasteiger partial charge in [0.05, 0.1) is 29.9 Å². The first kappa shape index (κ1) is 24.1. The molecule has 1 aliphatic rings. The molecule has 1 aromatic carbocycles. The van der Waals surface area contributed by atoms with Crippen LogP contribution in [0.2, 0.25) is 0 Å². The molecule has 1 atom stereocenters. The number of nitrogens with zero attached hydrogens (tertiary/aromatic N) is 5. The quantitative estimate of drug-likeness (QED) is 0.482. The number of aromatic nitrogens is 3. The molecule has 0 saturated carbocycles. The van der Waals surface area contributed by atoms with Gasteiger partial charge < -0.3 is 10.2 Å². The lowest BCUT2D eigenvalue weighted by Gasteiger charge is -2.35. The van der Waals surface area contributed by atoms with Gasteiger partial charge in [0.2, 0.25) is 0 Å².